The first-order valence-electron chi connectivity index (χ1n) is 9.17. The molecule has 162 valence electrons. The average Bonchev–Trinajstić information content (AvgIpc) is 2.73. The zero-order valence-corrected chi connectivity index (χ0v) is 16.6. The zero-order valence-electron chi connectivity index (χ0n) is 15.8. The second kappa shape index (κ2) is 7.84. The molecule has 10 heteroatoms. The Hall–Kier alpha value is -3.14. The number of benzene rings is 2. The second-order valence-corrected chi connectivity index (χ2v) is 8.38. The number of alkyl halides is 3. The van der Waals surface area contributed by atoms with Crippen LogP contribution < -0.4 is 8.92 Å². The van der Waals surface area contributed by atoms with Gasteiger partial charge < -0.3 is 8.92 Å². The van der Waals surface area contributed by atoms with E-state index in [0.29, 0.717) is 24.5 Å². The van der Waals surface area contributed by atoms with E-state index in [2.05, 4.69) is 4.98 Å². The van der Waals surface area contributed by atoms with E-state index in [1.807, 2.05) is 0 Å². The van der Waals surface area contributed by atoms with Crippen molar-refractivity contribution in [2.45, 2.75) is 23.9 Å². The van der Waals surface area contributed by atoms with Gasteiger partial charge in [0.2, 0.25) is 0 Å². The molecular formula is C21H15F4NO4S. The second-order valence-electron chi connectivity index (χ2n) is 6.83. The topological polar surface area (TPSA) is 65.5 Å². The van der Waals surface area contributed by atoms with Crippen LogP contribution in [0.2, 0.25) is 0 Å². The van der Waals surface area contributed by atoms with Crippen LogP contribution in [0.5, 0.6) is 11.5 Å². The molecule has 3 aromatic rings. The molecule has 0 radical (unpaired) electrons. The largest absolute Gasteiger partial charge is 0.493 e. The SMILES string of the molecule is O=S(=O)(Oc1ccc(C(F)(F)F)cc1-c1ccc(F)cn1)c1ccc2c(c1)OCCC2. The molecule has 0 unspecified atom stereocenters. The summed E-state index contributed by atoms with van der Waals surface area (Å²) in [5.74, 6) is -0.644. The highest BCUT2D eigenvalue weighted by atomic mass is 32.2. The lowest BCUT2D eigenvalue weighted by molar-refractivity contribution is -0.137. The summed E-state index contributed by atoms with van der Waals surface area (Å²) in [6.45, 7) is 0.455. The van der Waals surface area contributed by atoms with Crippen LogP contribution in [-0.2, 0) is 22.7 Å². The third-order valence-corrected chi connectivity index (χ3v) is 5.92. The lowest BCUT2D eigenvalue weighted by Gasteiger charge is -2.18. The molecule has 4 rings (SSSR count). The fraction of sp³-hybridized carbons (Fsp3) is 0.190. The molecule has 0 saturated heterocycles. The van der Waals surface area contributed by atoms with Crippen LogP contribution >= 0.6 is 0 Å². The van der Waals surface area contributed by atoms with Gasteiger partial charge in [0.05, 0.1) is 24.1 Å². The zero-order chi connectivity index (χ0) is 22.2. The Morgan fingerprint density at radius 3 is 2.55 bits per heavy atom. The Bertz CT molecular complexity index is 1230. The molecule has 0 atom stereocenters. The molecule has 0 aliphatic carbocycles. The average molecular weight is 453 g/mol. The first-order valence-corrected chi connectivity index (χ1v) is 10.6. The maximum Gasteiger partial charge on any atom is 0.416 e. The minimum atomic E-state index is -4.68. The van der Waals surface area contributed by atoms with Crippen molar-refractivity contribution in [2.24, 2.45) is 0 Å². The number of hydrogen-bond acceptors (Lipinski definition) is 5. The standard InChI is InChI=1S/C21H15F4NO4S/c22-15-5-7-18(26-12-15)17-10-14(21(23,24)25)4-8-19(17)30-31(27,28)16-6-3-13-2-1-9-29-20(13)11-16/h3-8,10-12H,1-2,9H2. The van der Waals surface area contributed by atoms with Crippen LogP contribution in [0.3, 0.4) is 0 Å². The van der Waals surface area contributed by atoms with E-state index in [1.165, 1.54) is 12.1 Å². The van der Waals surface area contributed by atoms with Crippen LogP contribution in [-0.4, -0.2) is 20.0 Å². The fourth-order valence-electron chi connectivity index (χ4n) is 3.16. The van der Waals surface area contributed by atoms with Crippen molar-refractivity contribution >= 4 is 10.1 Å². The highest BCUT2D eigenvalue weighted by Gasteiger charge is 2.32. The molecule has 0 spiro atoms. The van der Waals surface area contributed by atoms with Crippen molar-refractivity contribution in [3.05, 3.63) is 71.7 Å². The summed E-state index contributed by atoms with van der Waals surface area (Å²) < 4.78 is 89.1. The first-order chi connectivity index (χ1) is 14.6. The molecule has 31 heavy (non-hydrogen) atoms. The maximum absolute atomic E-state index is 13.2. The lowest BCUT2D eigenvalue weighted by atomic mass is 10.1. The normalized spacial score (nSPS) is 13.9. The summed E-state index contributed by atoms with van der Waals surface area (Å²) in [5.41, 5.74) is -0.490. The molecule has 5 nitrogen and oxygen atoms in total. The molecule has 2 heterocycles. The van der Waals surface area contributed by atoms with Gasteiger partial charge in [0.25, 0.3) is 0 Å². The smallest absolute Gasteiger partial charge is 0.416 e. The van der Waals surface area contributed by atoms with Gasteiger partial charge in [-0.15, -0.1) is 0 Å². The van der Waals surface area contributed by atoms with E-state index >= 15 is 0 Å². The molecular weight excluding hydrogens is 438 g/mol. The molecule has 2 aromatic carbocycles. The van der Waals surface area contributed by atoms with Crippen LogP contribution in [0.1, 0.15) is 17.5 Å². The Balaban J connectivity index is 1.75. The predicted molar refractivity (Wildman–Crippen MR) is 103 cm³/mol. The summed E-state index contributed by atoms with van der Waals surface area (Å²) in [6.07, 6.45) is -2.30. The van der Waals surface area contributed by atoms with Gasteiger partial charge in [-0.3, -0.25) is 4.98 Å². The van der Waals surface area contributed by atoms with E-state index < -0.39 is 27.7 Å². The summed E-state index contributed by atoms with van der Waals surface area (Å²) in [7, 11) is -4.40. The van der Waals surface area contributed by atoms with Gasteiger partial charge in [0.15, 0.2) is 5.75 Å². The number of aryl methyl sites for hydroxylation is 1. The van der Waals surface area contributed by atoms with Gasteiger partial charge in [0.1, 0.15) is 16.5 Å². The van der Waals surface area contributed by atoms with Crippen molar-refractivity contribution in [3.8, 4) is 22.8 Å². The number of ether oxygens (including phenoxy) is 1. The van der Waals surface area contributed by atoms with Gasteiger partial charge in [0, 0.05) is 11.6 Å². The van der Waals surface area contributed by atoms with Crippen LogP contribution in [0, 0.1) is 5.82 Å². The Kier molecular flexibility index (Phi) is 5.34. The Morgan fingerprint density at radius 1 is 1.03 bits per heavy atom. The molecule has 0 bridgehead atoms. The highest BCUT2D eigenvalue weighted by molar-refractivity contribution is 7.87. The summed E-state index contributed by atoms with van der Waals surface area (Å²) in [4.78, 5) is 3.55. The van der Waals surface area contributed by atoms with E-state index in [4.69, 9.17) is 8.92 Å². The minimum absolute atomic E-state index is 0.0773. The third kappa shape index (κ3) is 4.48. The lowest BCUT2D eigenvalue weighted by Crippen LogP contribution is -2.14. The number of pyridine rings is 1. The van der Waals surface area contributed by atoms with E-state index in [0.717, 1.165) is 42.8 Å². The van der Waals surface area contributed by atoms with Crippen LogP contribution in [0.25, 0.3) is 11.3 Å². The monoisotopic (exact) mass is 453 g/mol. The summed E-state index contributed by atoms with van der Waals surface area (Å²) in [6, 6.07) is 8.73. The quantitative estimate of drug-likeness (QED) is 0.411. The van der Waals surface area contributed by atoms with Gasteiger partial charge in [-0.1, -0.05) is 6.07 Å². The van der Waals surface area contributed by atoms with E-state index in [1.54, 1.807) is 6.07 Å². The van der Waals surface area contributed by atoms with Crippen molar-refractivity contribution in [1.82, 2.24) is 4.98 Å². The van der Waals surface area contributed by atoms with Crippen LogP contribution in [0.4, 0.5) is 17.6 Å². The highest BCUT2D eigenvalue weighted by Crippen LogP contribution is 2.38. The molecule has 1 aliphatic rings. The summed E-state index contributed by atoms with van der Waals surface area (Å²) >= 11 is 0. The van der Waals surface area contributed by atoms with Crippen molar-refractivity contribution in [2.75, 3.05) is 6.61 Å². The summed E-state index contributed by atoms with van der Waals surface area (Å²) in [5, 5.41) is 0. The van der Waals surface area contributed by atoms with Crippen LogP contribution in [0.15, 0.2) is 59.6 Å². The Labute approximate surface area is 175 Å². The molecule has 0 amide bonds. The number of nitrogens with zero attached hydrogens (tertiary/aromatic N) is 1. The first kappa shape index (κ1) is 21.1. The van der Waals surface area contributed by atoms with Crippen molar-refractivity contribution < 1.29 is 34.9 Å². The van der Waals surface area contributed by atoms with Gasteiger partial charge in [-0.25, -0.2) is 4.39 Å². The number of rotatable bonds is 4. The van der Waals surface area contributed by atoms with Gasteiger partial charge in [-0.05, 0) is 54.8 Å². The molecule has 0 N–H and O–H groups in total. The van der Waals surface area contributed by atoms with E-state index in [-0.39, 0.29) is 21.9 Å². The minimum Gasteiger partial charge on any atom is -0.493 e. The van der Waals surface area contributed by atoms with Gasteiger partial charge in [-0.2, -0.15) is 21.6 Å². The van der Waals surface area contributed by atoms with Gasteiger partial charge >= 0.3 is 16.3 Å². The van der Waals surface area contributed by atoms with E-state index in [9.17, 15) is 26.0 Å². The number of fused-ring (bicyclic) bond motifs is 1. The van der Waals surface area contributed by atoms with Crippen molar-refractivity contribution in [3.63, 3.8) is 0 Å². The predicted octanol–water partition coefficient (Wildman–Crippen LogP) is 5.00. The molecule has 0 fully saturated rings. The van der Waals surface area contributed by atoms with Crippen molar-refractivity contribution in [1.29, 1.82) is 0 Å². The number of aromatic nitrogens is 1. The molecule has 1 aliphatic heterocycles. The maximum atomic E-state index is 13.2. The fourth-order valence-corrected chi connectivity index (χ4v) is 4.12. The Morgan fingerprint density at radius 2 is 1.84 bits per heavy atom. The number of halogens is 4. The third-order valence-electron chi connectivity index (χ3n) is 4.69. The molecule has 0 saturated carbocycles. The number of hydrogen-bond donors (Lipinski definition) is 0. The molecule has 1 aromatic heterocycles.